The van der Waals surface area contributed by atoms with E-state index < -0.39 is 0 Å². The molecule has 1 aliphatic heterocycles. The Morgan fingerprint density at radius 2 is 2.12 bits per heavy atom. The van der Waals surface area contributed by atoms with Gasteiger partial charge in [-0.15, -0.1) is 0 Å². The van der Waals surface area contributed by atoms with Gasteiger partial charge >= 0.3 is 0 Å². The predicted octanol–water partition coefficient (Wildman–Crippen LogP) is 4.83. The third-order valence-corrected chi connectivity index (χ3v) is 6.02. The summed E-state index contributed by atoms with van der Waals surface area (Å²) < 4.78 is 0. The fraction of sp³-hybridized carbons (Fsp3) is 0.300. The van der Waals surface area contributed by atoms with E-state index in [4.69, 9.17) is 0 Å². The topological polar surface area (TPSA) is 57.8 Å². The van der Waals surface area contributed by atoms with Gasteiger partial charge in [-0.2, -0.15) is 16.4 Å². The molecule has 1 atom stereocenters. The van der Waals surface area contributed by atoms with Gasteiger partial charge in [0.25, 0.3) is 0 Å². The van der Waals surface area contributed by atoms with Gasteiger partial charge in [-0.1, -0.05) is 13.8 Å². The Kier molecular flexibility index (Phi) is 3.01. The van der Waals surface area contributed by atoms with E-state index in [-0.39, 0.29) is 17.1 Å². The summed E-state index contributed by atoms with van der Waals surface area (Å²) in [5.41, 5.74) is 6.45. The Labute approximate surface area is 150 Å². The van der Waals surface area contributed by atoms with Crippen molar-refractivity contribution in [1.82, 2.24) is 10.2 Å². The number of hydrogen-bond acceptors (Lipinski definition) is 4. The minimum absolute atomic E-state index is 0.00228. The number of nitrogens with one attached hydrogen (secondary N) is 2. The molecule has 5 rings (SSSR count). The monoisotopic (exact) mass is 349 g/mol. The molecule has 0 spiro atoms. The molecule has 5 heteroatoms. The number of allylic oxidation sites excluding steroid dienone is 2. The van der Waals surface area contributed by atoms with Crippen molar-refractivity contribution in [1.29, 1.82) is 0 Å². The van der Waals surface area contributed by atoms with Crippen LogP contribution in [0.2, 0.25) is 0 Å². The number of Topliss-reactive ketones (excluding diaryl/α,β-unsaturated/α-hetero) is 1. The molecule has 1 aliphatic carbocycles. The summed E-state index contributed by atoms with van der Waals surface area (Å²) in [6.45, 7) is 4.34. The van der Waals surface area contributed by atoms with Crippen LogP contribution in [0.4, 0.5) is 5.69 Å². The lowest BCUT2D eigenvalue weighted by molar-refractivity contribution is -0.118. The quantitative estimate of drug-likeness (QED) is 0.662. The Balaban J connectivity index is 1.81. The molecule has 0 fully saturated rings. The number of carbonyl (C=O) groups excluding carboxylic acids is 1. The fourth-order valence-electron chi connectivity index (χ4n) is 4.30. The largest absolute Gasteiger partial charge is 0.358 e. The second-order valence-electron chi connectivity index (χ2n) is 7.81. The summed E-state index contributed by atoms with van der Waals surface area (Å²) in [6.07, 6.45) is 3.34. The molecule has 1 unspecified atom stereocenters. The van der Waals surface area contributed by atoms with Crippen LogP contribution < -0.4 is 5.32 Å². The molecular formula is C20H19N3OS. The van der Waals surface area contributed by atoms with Crippen LogP contribution in [-0.2, 0) is 4.79 Å². The van der Waals surface area contributed by atoms with Gasteiger partial charge in [-0.3, -0.25) is 9.89 Å². The SMILES string of the molecule is CC1(C)CC(=O)C2=C(C1)Nc1ccc3cn[nH]c3c1C2c1ccsc1. The molecule has 4 nitrogen and oxygen atoms in total. The van der Waals surface area contributed by atoms with Gasteiger partial charge in [-0.05, 0) is 46.4 Å². The summed E-state index contributed by atoms with van der Waals surface area (Å²) in [5, 5.41) is 16.3. The number of fused-ring (bicyclic) bond motifs is 3. The molecule has 3 aromatic rings. The molecule has 0 amide bonds. The molecule has 25 heavy (non-hydrogen) atoms. The first kappa shape index (κ1) is 14.9. The number of benzene rings is 1. The third-order valence-electron chi connectivity index (χ3n) is 5.32. The highest BCUT2D eigenvalue weighted by atomic mass is 32.1. The van der Waals surface area contributed by atoms with Crippen LogP contribution >= 0.6 is 11.3 Å². The molecule has 0 saturated carbocycles. The van der Waals surface area contributed by atoms with E-state index >= 15 is 0 Å². The summed E-state index contributed by atoms with van der Waals surface area (Å²) in [5.74, 6) is 0.238. The minimum Gasteiger partial charge on any atom is -0.358 e. The van der Waals surface area contributed by atoms with Crippen LogP contribution in [0, 0.1) is 5.41 Å². The maximum absolute atomic E-state index is 13.1. The van der Waals surface area contributed by atoms with Gasteiger partial charge < -0.3 is 5.32 Å². The van der Waals surface area contributed by atoms with Gasteiger partial charge in [0, 0.05) is 40.2 Å². The van der Waals surface area contributed by atoms with Crippen LogP contribution in [0.3, 0.4) is 0 Å². The molecule has 0 bridgehead atoms. The van der Waals surface area contributed by atoms with Crippen molar-refractivity contribution in [3.8, 4) is 0 Å². The predicted molar refractivity (Wildman–Crippen MR) is 101 cm³/mol. The Hall–Kier alpha value is -2.40. The number of aromatic nitrogens is 2. The highest BCUT2D eigenvalue weighted by Gasteiger charge is 2.41. The first-order valence-corrected chi connectivity index (χ1v) is 9.49. The van der Waals surface area contributed by atoms with Crippen molar-refractivity contribution in [2.45, 2.75) is 32.6 Å². The average molecular weight is 349 g/mol. The highest BCUT2D eigenvalue weighted by molar-refractivity contribution is 7.08. The average Bonchev–Trinajstić information content (AvgIpc) is 3.22. The van der Waals surface area contributed by atoms with Crippen molar-refractivity contribution in [2.75, 3.05) is 5.32 Å². The second kappa shape index (κ2) is 5.05. The molecule has 2 aromatic heterocycles. The number of aromatic amines is 1. The van der Waals surface area contributed by atoms with Gasteiger partial charge in [-0.25, -0.2) is 0 Å². The van der Waals surface area contributed by atoms with Crippen molar-refractivity contribution >= 4 is 33.7 Å². The van der Waals surface area contributed by atoms with Crippen LogP contribution in [0.25, 0.3) is 10.9 Å². The zero-order valence-electron chi connectivity index (χ0n) is 14.2. The highest BCUT2D eigenvalue weighted by Crippen LogP contribution is 2.50. The van der Waals surface area contributed by atoms with E-state index in [1.807, 2.05) is 6.20 Å². The van der Waals surface area contributed by atoms with E-state index in [1.54, 1.807) is 11.3 Å². The van der Waals surface area contributed by atoms with Gasteiger partial charge in [0.1, 0.15) is 0 Å². The summed E-state index contributed by atoms with van der Waals surface area (Å²) in [4.78, 5) is 13.1. The normalized spacial score (nSPS) is 21.8. The van der Waals surface area contributed by atoms with Crippen molar-refractivity contribution in [3.63, 3.8) is 0 Å². The third kappa shape index (κ3) is 2.19. The maximum Gasteiger partial charge on any atom is 0.162 e. The Bertz CT molecular complexity index is 1030. The van der Waals surface area contributed by atoms with Gasteiger partial charge in [0.2, 0.25) is 0 Å². The number of nitrogens with zero attached hydrogens (tertiary/aromatic N) is 1. The van der Waals surface area contributed by atoms with E-state index in [0.717, 1.165) is 39.8 Å². The van der Waals surface area contributed by atoms with Gasteiger partial charge in [0.15, 0.2) is 5.78 Å². The number of rotatable bonds is 1. The molecule has 0 saturated heterocycles. The van der Waals surface area contributed by atoms with E-state index in [2.05, 4.69) is 58.3 Å². The zero-order valence-corrected chi connectivity index (χ0v) is 15.0. The molecule has 0 radical (unpaired) electrons. The van der Waals surface area contributed by atoms with Gasteiger partial charge in [0.05, 0.1) is 11.7 Å². The first-order chi connectivity index (χ1) is 12.0. The van der Waals surface area contributed by atoms with Crippen molar-refractivity contribution in [3.05, 3.63) is 57.6 Å². The molecule has 3 heterocycles. The molecule has 2 aliphatic rings. The lowest BCUT2D eigenvalue weighted by atomic mass is 9.69. The smallest absolute Gasteiger partial charge is 0.162 e. The fourth-order valence-corrected chi connectivity index (χ4v) is 4.99. The number of hydrogen-bond donors (Lipinski definition) is 2. The Morgan fingerprint density at radius 1 is 1.24 bits per heavy atom. The molecular weight excluding hydrogens is 330 g/mol. The summed E-state index contributed by atoms with van der Waals surface area (Å²) >= 11 is 1.68. The number of ketones is 1. The van der Waals surface area contributed by atoms with Crippen LogP contribution in [0.5, 0.6) is 0 Å². The van der Waals surface area contributed by atoms with Crippen LogP contribution in [0.1, 0.15) is 43.7 Å². The number of carbonyl (C=O) groups is 1. The van der Waals surface area contributed by atoms with E-state index in [9.17, 15) is 4.79 Å². The van der Waals surface area contributed by atoms with E-state index in [0.29, 0.717) is 6.42 Å². The summed E-state index contributed by atoms with van der Waals surface area (Å²) in [6, 6.07) is 6.33. The minimum atomic E-state index is -0.0229. The molecule has 1 aromatic carbocycles. The summed E-state index contributed by atoms with van der Waals surface area (Å²) in [7, 11) is 0. The molecule has 2 N–H and O–H groups in total. The Morgan fingerprint density at radius 3 is 2.92 bits per heavy atom. The van der Waals surface area contributed by atoms with Crippen LogP contribution in [0.15, 0.2) is 46.4 Å². The number of H-pyrrole nitrogens is 1. The second-order valence-corrected chi connectivity index (χ2v) is 8.59. The van der Waals surface area contributed by atoms with Crippen molar-refractivity contribution < 1.29 is 4.79 Å². The van der Waals surface area contributed by atoms with Crippen molar-refractivity contribution in [2.24, 2.45) is 5.41 Å². The van der Waals surface area contributed by atoms with E-state index in [1.165, 1.54) is 5.56 Å². The molecule has 126 valence electrons. The first-order valence-electron chi connectivity index (χ1n) is 8.55. The standard InChI is InChI=1S/C20H19N3OS/c1-20(2)7-14-17(15(24)8-20)16(12-5-6-25-10-12)18-13(22-14)4-3-11-9-21-23-19(11)18/h3-6,9-10,16,22H,7-8H2,1-2H3,(H,21,23). The maximum atomic E-state index is 13.1. The zero-order chi connectivity index (χ0) is 17.2. The lowest BCUT2D eigenvalue weighted by Crippen LogP contribution is -2.33. The number of thiophene rings is 1. The number of anilines is 1. The lowest BCUT2D eigenvalue weighted by Gasteiger charge is -2.39. The van der Waals surface area contributed by atoms with Crippen LogP contribution in [-0.4, -0.2) is 16.0 Å².